The van der Waals surface area contributed by atoms with Gasteiger partial charge in [-0.25, -0.2) is 9.37 Å². The Morgan fingerprint density at radius 3 is 2.85 bits per heavy atom. The minimum absolute atomic E-state index is 0.291. The van der Waals surface area contributed by atoms with Crippen molar-refractivity contribution in [3.05, 3.63) is 52.9 Å². The highest BCUT2D eigenvalue weighted by atomic mass is 35.5. The molecule has 2 aromatic rings. The number of piperidine rings is 1. The number of hydrogen-bond donors (Lipinski definition) is 2. The number of nitrogen functional groups attached to an aromatic ring is 1. The third kappa shape index (κ3) is 4.92. The molecule has 1 fully saturated rings. The van der Waals surface area contributed by atoms with Crippen molar-refractivity contribution in [1.82, 2.24) is 4.98 Å². The molecule has 0 saturated carbocycles. The van der Waals surface area contributed by atoms with Crippen molar-refractivity contribution in [2.75, 3.05) is 29.0 Å². The lowest BCUT2D eigenvalue weighted by Gasteiger charge is -2.34. The first-order valence-electron chi connectivity index (χ1n) is 9.46. The summed E-state index contributed by atoms with van der Waals surface area (Å²) in [5.74, 6) is 0.00447. The van der Waals surface area contributed by atoms with Crippen molar-refractivity contribution >= 4 is 34.9 Å². The van der Waals surface area contributed by atoms with E-state index in [0.717, 1.165) is 55.7 Å². The Hall–Kier alpha value is -2.27. The molecule has 0 bridgehead atoms. The smallest absolute Gasteiger partial charge is 0.167 e. The number of nitrogens with two attached hydrogens (primary N) is 1. The SMILES string of the molecule is CCC/C=C\c1cccc(N)c1NC1CCN(c2ncc(Cl)cc2F)CC1. The lowest BCUT2D eigenvalue weighted by Crippen LogP contribution is -2.40. The number of aromatic nitrogens is 1. The normalized spacial score (nSPS) is 15.4. The van der Waals surface area contributed by atoms with Crippen LogP contribution in [0.2, 0.25) is 5.02 Å². The highest BCUT2D eigenvalue weighted by Crippen LogP contribution is 2.29. The van der Waals surface area contributed by atoms with Crippen molar-refractivity contribution in [2.45, 2.75) is 38.6 Å². The van der Waals surface area contributed by atoms with E-state index < -0.39 is 0 Å². The molecule has 0 amide bonds. The molecule has 3 N–H and O–H groups in total. The van der Waals surface area contributed by atoms with E-state index in [2.05, 4.69) is 35.4 Å². The standard InChI is InChI=1S/C21H26ClFN4/c1-2-3-4-6-15-7-5-8-19(24)20(15)26-17-9-11-27(12-10-17)21-18(23)13-16(22)14-25-21/h4-8,13-14,17,26H,2-3,9-12,24H2,1H3/b6-4-. The van der Waals surface area contributed by atoms with E-state index in [1.165, 1.54) is 12.3 Å². The number of halogens is 2. The molecule has 3 rings (SSSR count). The van der Waals surface area contributed by atoms with Gasteiger partial charge in [0.25, 0.3) is 0 Å². The fourth-order valence-electron chi connectivity index (χ4n) is 3.35. The average Bonchev–Trinajstić information content (AvgIpc) is 2.65. The minimum atomic E-state index is -0.371. The first-order chi connectivity index (χ1) is 13.1. The fraction of sp³-hybridized carbons (Fsp3) is 0.381. The Balaban J connectivity index is 1.66. The number of nitrogens with one attached hydrogen (secondary N) is 1. The van der Waals surface area contributed by atoms with Crippen molar-refractivity contribution in [3.63, 3.8) is 0 Å². The molecule has 0 radical (unpaired) electrons. The molecule has 0 atom stereocenters. The average molecular weight is 389 g/mol. The summed E-state index contributed by atoms with van der Waals surface area (Å²) in [6, 6.07) is 7.58. The number of pyridine rings is 1. The number of benzene rings is 1. The maximum Gasteiger partial charge on any atom is 0.167 e. The van der Waals surface area contributed by atoms with Gasteiger partial charge in [0.15, 0.2) is 11.6 Å². The van der Waals surface area contributed by atoms with Crippen LogP contribution in [0, 0.1) is 5.82 Å². The molecule has 0 spiro atoms. The van der Waals surface area contributed by atoms with Crippen molar-refractivity contribution in [2.24, 2.45) is 0 Å². The van der Waals surface area contributed by atoms with E-state index >= 15 is 0 Å². The summed E-state index contributed by atoms with van der Waals surface area (Å²) < 4.78 is 14.1. The predicted octanol–water partition coefficient (Wildman–Crippen LogP) is 5.35. The molecule has 1 aliphatic rings. The van der Waals surface area contributed by atoms with Gasteiger partial charge in [-0.15, -0.1) is 0 Å². The molecule has 6 heteroatoms. The van der Waals surface area contributed by atoms with Crippen LogP contribution in [0.4, 0.5) is 21.6 Å². The zero-order valence-electron chi connectivity index (χ0n) is 15.6. The second kappa shape index (κ2) is 9.09. The summed E-state index contributed by atoms with van der Waals surface area (Å²) in [7, 11) is 0. The van der Waals surface area contributed by atoms with Crippen LogP contribution in [0.15, 0.2) is 36.5 Å². The van der Waals surface area contributed by atoms with Gasteiger partial charge in [-0.1, -0.05) is 49.2 Å². The van der Waals surface area contributed by atoms with Gasteiger partial charge < -0.3 is 16.0 Å². The van der Waals surface area contributed by atoms with Gasteiger partial charge in [0.05, 0.1) is 16.4 Å². The highest BCUT2D eigenvalue weighted by molar-refractivity contribution is 6.30. The number of allylic oxidation sites excluding steroid dienone is 1. The van der Waals surface area contributed by atoms with Gasteiger partial charge in [-0.05, 0) is 37.0 Å². The van der Waals surface area contributed by atoms with Gasteiger partial charge >= 0.3 is 0 Å². The van der Waals surface area contributed by atoms with Crippen LogP contribution in [0.25, 0.3) is 6.08 Å². The molecule has 0 unspecified atom stereocenters. The fourth-order valence-corrected chi connectivity index (χ4v) is 3.50. The lowest BCUT2D eigenvalue weighted by atomic mass is 10.0. The lowest BCUT2D eigenvalue weighted by molar-refractivity contribution is 0.511. The number of anilines is 3. The molecule has 144 valence electrons. The van der Waals surface area contributed by atoms with Crippen molar-refractivity contribution in [3.8, 4) is 0 Å². The number of hydrogen-bond acceptors (Lipinski definition) is 4. The molecule has 0 aliphatic carbocycles. The van der Waals surface area contributed by atoms with E-state index in [0.29, 0.717) is 16.9 Å². The quantitative estimate of drug-likeness (QED) is 0.655. The summed E-state index contributed by atoms with van der Waals surface area (Å²) in [6.07, 6.45) is 9.74. The van der Waals surface area contributed by atoms with Crippen molar-refractivity contribution < 1.29 is 4.39 Å². The van der Waals surface area contributed by atoms with E-state index in [4.69, 9.17) is 17.3 Å². The molecule has 1 saturated heterocycles. The van der Waals surface area contributed by atoms with Crippen LogP contribution >= 0.6 is 11.6 Å². The second-order valence-corrected chi connectivity index (χ2v) is 7.30. The van der Waals surface area contributed by atoms with Crippen molar-refractivity contribution in [1.29, 1.82) is 0 Å². The van der Waals surface area contributed by atoms with Gasteiger partial charge in [0, 0.05) is 25.3 Å². The summed E-state index contributed by atoms with van der Waals surface area (Å²) in [4.78, 5) is 6.12. The molecular formula is C21H26ClFN4. The molecule has 27 heavy (non-hydrogen) atoms. The maximum absolute atomic E-state index is 14.1. The van der Waals surface area contributed by atoms with Crippen LogP contribution in [-0.2, 0) is 0 Å². The first kappa shape index (κ1) is 19.5. The van der Waals surface area contributed by atoms with Gasteiger partial charge in [0.1, 0.15) is 0 Å². The Kier molecular flexibility index (Phi) is 6.56. The second-order valence-electron chi connectivity index (χ2n) is 6.87. The van der Waals surface area contributed by atoms with Crippen LogP contribution in [0.1, 0.15) is 38.2 Å². The van der Waals surface area contributed by atoms with E-state index in [1.807, 2.05) is 17.0 Å². The Morgan fingerprint density at radius 1 is 1.37 bits per heavy atom. The Morgan fingerprint density at radius 2 is 2.15 bits per heavy atom. The van der Waals surface area contributed by atoms with Gasteiger partial charge in [0.2, 0.25) is 0 Å². The molecule has 1 aromatic heterocycles. The minimum Gasteiger partial charge on any atom is -0.397 e. The summed E-state index contributed by atoms with van der Waals surface area (Å²) in [5, 5.41) is 3.92. The first-order valence-corrected chi connectivity index (χ1v) is 9.84. The van der Waals surface area contributed by atoms with Crippen LogP contribution < -0.4 is 16.0 Å². The number of nitrogens with zero attached hydrogens (tertiary/aromatic N) is 2. The zero-order chi connectivity index (χ0) is 19.2. The molecule has 1 aliphatic heterocycles. The largest absolute Gasteiger partial charge is 0.397 e. The number of para-hydroxylation sites is 1. The zero-order valence-corrected chi connectivity index (χ0v) is 16.3. The third-order valence-corrected chi connectivity index (χ3v) is 5.02. The highest BCUT2D eigenvalue weighted by Gasteiger charge is 2.23. The topological polar surface area (TPSA) is 54.2 Å². The molecule has 2 heterocycles. The maximum atomic E-state index is 14.1. The summed E-state index contributed by atoms with van der Waals surface area (Å²) >= 11 is 5.80. The Bertz CT molecular complexity index is 801. The molecule has 4 nitrogen and oxygen atoms in total. The van der Waals surface area contributed by atoms with E-state index in [9.17, 15) is 4.39 Å². The van der Waals surface area contributed by atoms with E-state index in [1.54, 1.807) is 0 Å². The molecular weight excluding hydrogens is 363 g/mol. The van der Waals surface area contributed by atoms with Gasteiger partial charge in [-0.2, -0.15) is 0 Å². The summed E-state index contributed by atoms with van der Waals surface area (Å²) in [5.41, 5.74) is 9.06. The number of unbranched alkanes of at least 4 members (excludes halogenated alkanes) is 1. The van der Waals surface area contributed by atoms with Crippen LogP contribution in [0.5, 0.6) is 0 Å². The number of rotatable bonds is 6. The predicted molar refractivity (Wildman–Crippen MR) is 113 cm³/mol. The van der Waals surface area contributed by atoms with E-state index in [-0.39, 0.29) is 5.82 Å². The summed E-state index contributed by atoms with van der Waals surface area (Å²) in [6.45, 7) is 3.63. The monoisotopic (exact) mass is 388 g/mol. The Labute approximate surface area is 165 Å². The third-order valence-electron chi connectivity index (χ3n) is 4.81. The van der Waals surface area contributed by atoms with Crippen LogP contribution in [0.3, 0.4) is 0 Å². The van der Waals surface area contributed by atoms with Crippen LogP contribution in [-0.4, -0.2) is 24.1 Å². The van der Waals surface area contributed by atoms with Gasteiger partial charge in [-0.3, -0.25) is 0 Å². The molecule has 1 aromatic carbocycles.